The molecule has 0 aliphatic rings. The van der Waals surface area contributed by atoms with Gasteiger partial charge in [0.1, 0.15) is 0 Å². The molecule has 0 saturated heterocycles. The van der Waals surface area contributed by atoms with Crippen molar-refractivity contribution in [2.75, 3.05) is 0 Å². The average molecular weight is 619 g/mol. The van der Waals surface area contributed by atoms with Crippen molar-refractivity contribution in [2.45, 2.75) is 0 Å². The summed E-state index contributed by atoms with van der Waals surface area (Å²) in [6.45, 7) is 0. The normalized spacial score (nSPS) is 11.5. The standard InChI is InChI=1S/C42H26N4O2/c47-41-34-20-7-8-22-37(34)45-38-23-11-21-33(39(38)42(48)46(41)45)31-18-9-16-29(24-31)30-17-10-19-32(25-30)40-43-35(27-12-3-1-4-13-27)26-36(44-40)28-14-5-2-6-15-28/h1-26H. The fraction of sp³-hybridized carbons (Fsp3) is 0. The number of hydrogen-bond donors (Lipinski definition) is 0. The maximum absolute atomic E-state index is 13.8. The summed E-state index contributed by atoms with van der Waals surface area (Å²) in [6.07, 6.45) is 0. The van der Waals surface area contributed by atoms with Crippen LogP contribution in [0.15, 0.2) is 167 Å². The monoisotopic (exact) mass is 618 g/mol. The quantitative estimate of drug-likeness (QED) is 0.194. The molecule has 6 heteroatoms. The molecule has 0 aliphatic carbocycles. The first-order chi connectivity index (χ1) is 23.6. The van der Waals surface area contributed by atoms with Gasteiger partial charge < -0.3 is 0 Å². The molecule has 0 N–H and O–H groups in total. The Morgan fingerprint density at radius 3 is 1.60 bits per heavy atom. The number of aromatic nitrogens is 4. The van der Waals surface area contributed by atoms with Gasteiger partial charge in [-0.1, -0.05) is 121 Å². The Morgan fingerprint density at radius 2 is 0.917 bits per heavy atom. The van der Waals surface area contributed by atoms with Crippen molar-refractivity contribution in [3.05, 3.63) is 178 Å². The summed E-state index contributed by atoms with van der Waals surface area (Å²) in [5.74, 6) is 0.638. The first-order valence-electron chi connectivity index (χ1n) is 15.8. The zero-order valence-corrected chi connectivity index (χ0v) is 25.6. The second-order valence-electron chi connectivity index (χ2n) is 11.8. The highest BCUT2D eigenvalue weighted by molar-refractivity contribution is 5.97. The van der Waals surface area contributed by atoms with Gasteiger partial charge in [-0.05, 0) is 58.7 Å². The van der Waals surface area contributed by atoms with Crippen LogP contribution in [0.3, 0.4) is 0 Å². The molecule has 9 aromatic rings. The molecule has 0 spiro atoms. The van der Waals surface area contributed by atoms with E-state index < -0.39 is 0 Å². The predicted molar refractivity (Wildman–Crippen MR) is 192 cm³/mol. The molecule has 0 unspecified atom stereocenters. The van der Waals surface area contributed by atoms with E-state index in [2.05, 4.69) is 48.5 Å². The molecule has 0 atom stereocenters. The van der Waals surface area contributed by atoms with Crippen LogP contribution >= 0.6 is 0 Å². The Balaban J connectivity index is 1.17. The molecule has 0 radical (unpaired) electrons. The van der Waals surface area contributed by atoms with Gasteiger partial charge in [-0.3, -0.25) is 9.59 Å². The van der Waals surface area contributed by atoms with Crippen molar-refractivity contribution in [1.82, 2.24) is 19.0 Å². The summed E-state index contributed by atoms with van der Waals surface area (Å²) >= 11 is 0. The van der Waals surface area contributed by atoms with Gasteiger partial charge in [0.15, 0.2) is 5.82 Å². The Bertz CT molecular complexity index is 2710. The molecule has 48 heavy (non-hydrogen) atoms. The highest BCUT2D eigenvalue weighted by Crippen LogP contribution is 2.33. The minimum absolute atomic E-state index is 0.308. The van der Waals surface area contributed by atoms with Crippen molar-refractivity contribution < 1.29 is 0 Å². The van der Waals surface area contributed by atoms with E-state index in [1.807, 2.05) is 103 Å². The van der Waals surface area contributed by atoms with E-state index in [0.29, 0.717) is 27.6 Å². The molecule has 0 fully saturated rings. The van der Waals surface area contributed by atoms with Crippen molar-refractivity contribution in [2.24, 2.45) is 0 Å². The second kappa shape index (κ2) is 11.0. The second-order valence-corrected chi connectivity index (χ2v) is 11.8. The van der Waals surface area contributed by atoms with Crippen LogP contribution in [0.25, 0.3) is 78.0 Å². The van der Waals surface area contributed by atoms with Crippen LogP contribution in [-0.4, -0.2) is 19.0 Å². The lowest BCUT2D eigenvalue weighted by atomic mass is 9.96. The maximum atomic E-state index is 13.8. The average Bonchev–Trinajstić information content (AvgIpc) is 3.63. The van der Waals surface area contributed by atoms with E-state index in [-0.39, 0.29) is 11.1 Å². The van der Waals surface area contributed by atoms with Crippen molar-refractivity contribution in [3.63, 3.8) is 0 Å². The Kier molecular flexibility index (Phi) is 6.33. The van der Waals surface area contributed by atoms with Crippen molar-refractivity contribution in [3.8, 4) is 56.2 Å². The largest absolute Gasteiger partial charge is 0.283 e. The molecule has 0 aliphatic heterocycles. The Hall–Kier alpha value is -6.66. The molecular weight excluding hydrogens is 592 g/mol. The summed E-state index contributed by atoms with van der Waals surface area (Å²) in [4.78, 5) is 37.1. The predicted octanol–water partition coefficient (Wildman–Crippen LogP) is 8.63. The Morgan fingerprint density at radius 1 is 0.396 bits per heavy atom. The van der Waals surface area contributed by atoms with Crippen molar-refractivity contribution >= 4 is 21.8 Å². The minimum Gasteiger partial charge on any atom is -0.267 e. The third-order valence-electron chi connectivity index (χ3n) is 8.92. The van der Waals surface area contributed by atoms with Crippen molar-refractivity contribution in [1.29, 1.82) is 0 Å². The van der Waals surface area contributed by atoms with Gasteiger partial charge in [0, 0.05) is 16.7 Å². The third kappa shape index (κ3) is 4.42. The molecule has 6 aromatic carbocycles. The van der Waals surface area contributed by atoms with E-state index in [9.17, 15) is 9.59 Å². The van der Waals surface area contributed by atoms with E-state index in [4.69, 9.17) is 9.97 Å². The van der Waals surface area contributed by atoms with Gasteiger partial charge in [0.25, 0.3) is 11.1 Å². The zero-order valence-electron chi connectivity index (χ0n) is 25.6. The number of fused-ring (bicyclic) bond motifs is 5. The lowest BCUT2D eigenvalue weighted by Gasteiger charge is -2.11. The van der Waals surface area contributed by atoms with Gasteiger partial charge in [-0.25, -0.2) is 14.5 Å². The van der Waals surface area contributed by atoms with E-state index in [0.717, 1.165) is 50.3 Å². The number of nitrogens with zero attached hydrogens (tertiary/aromatic N) is 4. The van der Waals surface area contributed by atoms with Gasteiger partial charge in [-0.2, -0.15) is 4.52 Å². The molecule has 3 aromatic heterocycles. The fourth-order valence-electron chi connectivity index (χ4n) is 6.65. The van der Waals surface area contributed by atoms with E-state index in [1.54, 1.807) is 10.6 Å². The highest BCUT2D eigenvalue weighted by atomic mass is 16.2. The summed E-state index contributed by atoms with van der Waals surface area (Å²) in [7, 11) is 0. The molecule has 3 heterocycles. The van der Waals surface area contributed by atoms with Crippen LogP contribution in [0.1, 0.15) is 0 Å². The smallest absolute Gasteiger partial charge is 0.267 e. The topological polar surface area (TPSA) is 68.7 Å². The summed E-state index contributed by atoms with van der Waals surface area (Å²) in [5, 5.41) is 1.05. The number of para-hydroxylation sites is 1. The number of hydrogen-bond acceptors (Lipinski definition) is 4. The Labute approximate surface area is 274 Å². The van der Waals surface area contributed by atoms with Crippen LogP contribution in [0.5, 0.6) is 0 Å². The van der Waals surface area contributed by atoms with Gasteiger partial charge in [0.2, 0.25) is 0 Å². The van der Waals surface area contributed by atoms with Crippen LogP contribution in [0, 0.1) is 0 Å². The summed E-state index contributed by atoms with van der Waals surface area (Å²) < 4.78 is 2.98. The lowest BCUT2D eigenvalue weighted by Crippen LogP contribution is -2.21. The molecule has 0 saturated carbocycles. The highest BCUT2D eigenvalue weighted by Gasteiger charge is 2.20. The van der Waals surface area contributed by atoms with Crippen LogP contribution in [-0.2, 0) is 0 Å². The van der Waals surface area contributed by atoms with Crippen LogP contribution in [0.2, 0.25) is 0 Å². The van der Waals surface area contributed by atoms with Crippen LogP contribution in [0.4, 0.5) is 0 Å². The fourth-order valence-corrected chi connectivity index (χ4v) is 6.65. The molecule has 226 valence electrons. The van der Waals surface area contributed by atoms with Gasteiger partial charge in [0.05, 0.1) is 33.2 Å². The third-order valence-corrected chi connectivity index (χ3v) is 8.92. The number of rotatable bonds is 5. The first kappa shape index (κ1) is 27.6. The van der Waals surface area contributed by atoms with Gasteiger partial charge >= 0.3 is 0 Å². The summed E-state index contributed by atoms with van der Waals surface area (Å²) in [5.41, 5.74) is 9.09. The minimum atomic E-state index is -0.320. The molecule has 0 bridgehead atoms. The van der Waals surface area contributed by atoms with E-state index in [1.165, 1.54) is 4.52 Å². The number of benzene rings is 6. The zero-order chi connectivity index (χ0) is 32.2. The SMILES string of the molecule is O=c1c2ccccc2n2c3cccc(-c4cccc(-c5cccc(-c6nc(-c7ccccc7)cc(-c7ccccc7)n6)c5)c4)c3c(=O)n12. The molecular formula is C42H26N4O2. The summed E-state index contributed by atoms with van der Waals surface area (Å²) in [6, 6.07) is 51.8. The lowest BCUT2D eigenvalue weighted by molar-refractivity contribution is 0.841. The molecule has 6 nitrogen and oxygen atoms in total. The maximum Gasteiger partial charge on any atom is 0.283 e. The van der Waals surface area contributed by atoms with Crippen LogP contribution < -0.4 is 11.1 Å². The van der Waals surface area contributed by atoms with E-state index >= 15 is 0 Å². The first-order valence-corrected chi connectivity index (χ1v) is 15.8. The molecule has 0 amide bonds. The molecule has 9 rings (SSSR count). The van der Waals surface area contributed by atoms with Gasteiger partial charge in [-0.15, -0.1) is 0 Å².